The van der Waals surface area contributed by atoms with Crippen molar-refractivity contribution in [3.8, 4) is 11.6 Å². The highest BCUT2D eigenvalue weighted by atomic mass is 79.9. The number of aromatic nitrogens is 2. The molecule has 0 aliphatic heterocycles. The van der Waals surface area contributed by atoms with E-state index in [1.54, 1.807) is 11.6 Å². The number of rotatable bonds is 5. The first-order chi connectivity index (χ1) is 10.1. The van der Waals surface area contributed by atoms with Crippen molar-refractivity contribution in [1.29, 1.82) is 0 Å². The van der Waals surface area contributed by atoms with Gasteiger partial charge in [-0.25, -0.2) is 4.68 Å². The molecular formula is C15H16BrN3O2. The number of benzene rings is 1. The topological polar surface area (TPSA) is 56.2 Å². The van der Waals surface area contributed by atoms with Gasteiger partial charge in [-0.15, -0.1) is 5.10 Å². The maximum atomic E-state index is 11.9. The van der Waals surface area contributed by atoms with E-state index in [-0.39, 0.29) is 5.91 Å². The molecular weight excluding hydrogens is 334 g/mol. The van der Waals surface area contributed by atoms with Crippen molar-refractivity contribution >= 4 is 21.8 Å². The van der Waals surface area contributed by atoms with E-state index in [1.807, 2.05) is 36.5 Å². The van der Waals surface area contributed by atoms with E-state index in [0.717, 1.165) is 23.0 Å². The Morgan fingerprint density at radius 2 is 2.14 bits per heavy atom. The van der Waals surface area contributed by atoms with Crippen LogP contribution in [0.15, 0.2) is 41.0 Å². The van der Waals surface area contributed by atoms with E-state index in [4.69, 9.17) is 4.74 Å². The fourth-order valence-electron chi connectivity index (χ4n) is 1.90. The van der Waals surface area contributed by atoms with E-state index in [2.05, 4.69) is 26.3 Å². The second kappa shape index (κ2) is 5.89. The van der Waals surface area contributed by atoms with Crippen LogP contribution >= 0.6 is 15.9 Å². The molecule has 5 nitrogen and oxygen atoms in total. The minimum atomic E-state index is -0.568. The Morgan fingerprint density at radius 3 is 2.81 bits per heavy atom. The summed E-state index contributed by atoms with van der Waals surface area (Å²) >= 11 is 3.42. The predicted octanol–water partition coefficient (Wildman–Crippen LogP) is 2.68. The number of nitrogens with one attached hydrogen (secondary N) is 1. The van der Waals surface area contributed by atoms with Crippen molar-refractivity contribution in [1.82, 2.24) is 15.1 Å². The zero-order valence-electron chi connectivity index (χ0n) is 11.6. The Morgan fingerprint density at radius 1 is 1.43 bits per heavy atom. The lowest BCUT2D eigenvalue weighted by Gasteiger charge is -2.12. The third-order valence-corrected chi connectivity index (χ3v) is 3.78. The van der Waals surface area contributed by atoms with Crippen LogP contribution in [0.4, 0.5) is 0 Å². The van der Waals surface area contributed by atoms with E-state index in [0.29, 0.717) is 11.9 Å². The molecule has 1 aromatic heterocycles. The van der Waals surface area contributed by atoms with Gasteiger partial charge in [-0.2, -0.15) is 0 Å². The fourth-order valence-corrected chi connectivity index (χ4v) is 2.26. The van der Waals surface area contributed by atoms with Gasteiger partial charge in [-0.05, 0) is 47.8 Å². The van der Waals surface area contributed by atoms with Crippen molar-refractivity contribution < 1.29 is 9.53 Å². The van der Waals surface area contributed by atoms with Gasteiger partial charge < -0.3 is 10.1 Å². The van der Waals surface area contributed by atoms with Crippen LogP contribution in [-0.4, -0.2) is 27.8 Å². The number of hydrogen-bond acceptors (Lipinski definition) is 3. The molecule has 6 heteroatoms. The molecule has 1 aliphatic carbocycles. The second-order valence-corrected chi connectivity index (χ2v) is 5.96. The first kappa shape index (κ1) is 14.1. The summed E-state index contributed by atoms with van der Waals surface area (Å²) in [5, 5.41) is 7.28. The lowest BCUT2D eigenvalue weighted by molar-refractivity contribution is -0.127. The molecule has 0 saturated heterocycles. The second-order valence-electron chi connectivity index (χ2n) is 5.11. The summed E-state index contributed by atoms with van der Waals surface area (Å²) in [6.07, 6.45) is 3.37. The van der Waals surface area contributed by atoms with Crippen molar-refractivity contribution in [2.75, 3.05) is 0 Å². The molecule has 1 saturated carbocycles. The molecule has 1 N–H and O–H groups in total. The number of ether oxygens (including phenoxy) is 1. The smallest absolute Gasteiger partial charge is 0.261 e. The van der Waals surface area contributed by atoms with E-state index < -0.39 is 6.10 Å². The number of halogens is 1. The quantitative estimate of drug-likeness (QED) is 0.902. The van der Waals surface area contributed by atoms with E-state index in [9.17, 15) is 4.79 Å². The zero-order valence-corrected chi connectivity index (χ0v) is 13.2. The third-order valence-electron chi connectivity index (χ3n) is 3.24. The number of carbonyl (C=O) groups is 1. The van der Waals surface area contributed by atoms with Gasteiger partial charge in [0.25, 0.3) is 5.91 Å². The molecule has 0 spiro atoms. The third kappa shape index (κ3) is 3.44. The first-order valence-electron chi connectivity index (χ1n) is 6.91. The summed E-state index contributed by atoms with van der Waals surface area (Å²) in [5.41, 5.74) is 0.933. The minimum absolute atomic E-state index is 0.0985. The van der Waals surface area contributed by atoms with Gasteiger partial charge >= 0.3 is 0 Å². The molecule has 110 valence electrons. The van der Waals surface area contributed by atoms with Crippen LogP contribution in [-0.2, 0) is 4.79 Å². The highest BCUT2D eigenvalue weighted by Gasteiger charge is 2.27. The molecule has 0 unspecified atom stereocenters. The lowest BCUT2D eigenvalue weighted by atomic mass is 10.3. The molecule has 1 amide bonds. The predicted molar refractivity (Wildman–Crippen MR) is 82.5 cm³/mol. The summed E-state index contributed by atoms with van der Waals surface area (Å²) in [4.78, 5) is 11.9. The van der Waals surface area contributed by atoms with E-state index in [1.165, 1.54) is 0 Å². The number of nitrogens with zero attached hydrogens (tertiary/aromatic N) is 2. The van der Waals surface area contributed by atoms with Crippen LogP contribution < -0.4 is 10.1 Å². The first-order valence-corrected chi connectivity index (χ1v) is 7.70. The lowest BCUT2D eigenvalue weighted by Crippen LogP contribution is -2.37. The van der Waals surface area contributed by atoms with Gasteiger partial charge in [0.15, 0.2) is 6.10 Å². The van der Waals surface area contributed by atoms with Gasteiger partial charge in [-0.1, -0.05) is 18.2 Å². The van der Waals surface area contributed by atoms with Gasteiger partial charge in [0.2, 0.25) is 5.88 Å². The summed E-state index contributed by atoms with van der Waals surface area (Å²) in [5.74, 6) is 0.316. The Labute approximate surface area is 131 Å². The fraction of sp³-hybridized carbons (Fsp3) is 0.333. The molecule has 3 rings (SSSR count). The summed E-state index contributed by atoms with van der Waals surface area (Å²) in [7, 11) is 0. The SMILES string of the molecule is C[C@@H](Oc1nn(-c2ccccc2)cc1Br)C(=O)NC1CC1. The average molecular weight is 350 g/mol. The van der Waals surface area contributed by atoms with Crippen LogP contribution in [0.25, 0.3) is 5.69 Å². The number of amides is 1. The van der Waals surface area contributed by atoms with Gasteiger partial charge in [0.05, 0.1) is 10.2 Å². The number of carbonyl (C=O) groups excluding carboxylic acids is 1. The van der Waals surface area contributed by atoms with Crippen LogP contribution in [0.2, 0.25) is 0 Å². The van der Waals surface area contributed by atoms with E-state index >= 15 is 0 Å². The molecule has 1 aromatic carbocycles. The largest absolute Gasteiger partial charge is 0.463 e. The van der Waals surface area contributed by atoms with Crippen LogP contribution in [0.1, 0.15) is 19.8 Å². The Kier molecular flexibility index (Phi) is 3.96. The molecule has 21 heavy (non-hydrogen) atoms. The maximum absolute atomic E-state index is 11.9. The number of para-hydroxylation sites is 1. The summed E-state index contributed by atoms with van der Waals surface area (Å²) in [6, 6.07) is 10.1. The van der Waals surface area contributed by atoms with Crippen molar-refractivity contribution in [2.24, 2.45) is 0 Å². The molecule has 0 bridgehead atoms. The molecule has 1 fully saturated rings. The Balaban J connectivity index is 1.70. The van der Waals surface area contributed by atoms with Gasteiger partial charge in [0.1, 0.15) is 0 Å². The molecule has 1 heterocycles. The standard InChI is InChI=1S/C15H16BrN3O2/c1-10(14(20)17-11-7-8-11)21-15-13(16)9-19(18-15)12-5-3-2-4-6-12/h2-6,9-11H,7-8H2,1H3,(H,17,20)/t10-/m1/s1. The zero-order chi connectivity index (χ0) is 14.8. The maximum Gasteiger partial charge on any atom is 0.261 e. The highest BCUT2D eigenvalue weighted by Crippen LogP contribution is 2.26. The Hall–Kier alpha value is -1.82. The normalized spacial score (nSPS) is 15.5. The van der Waals surface area contributed by atoms with Gasteiger partial charge in [0, 0.05) is 12.2 Å². The summed E-state index contributed by atoms with van der Waals surface area (Å²) in [6.45, 7) is 1.73. The molecule has 1 atom stereocenters. The monoisotopic (exact) mass is 349 g/mol. The average Bonchev–Trinajstić information content (AvgIpc) is 3.23. The Bertz CT molecular complexity index is 638. The highest BCUT2D eigenvalue weighted by molar-refractivity contribution is 9.10. The van der Waals surface area contributed by atoms with Gasteiger partial charge in [-0.3, -0.25) is 4.79 Å². The molecule has 0 radical (unpaired) electrons. The van der Waals surface area contributed by atoms with Crippen molar-refractivity contribution in [2.45, 2.75) is 31.9 Å². The minimum Gasteiger partial charge on any atom is -0.463 e. The van der Waals surface area contributed by atoms with Crippen LogP contribution in [0.5, 0.6) is 5.88 Å². The number of hydrogen-bond donors (Lipinski definition) is 1. The van der Waals surface area contributed by atoms with Crippen molar-refractivity contribution in [3.63, 3.8) is 0 Å². The molecule has 2 aromatic rings. The summed E-state index contributed by atoms with van der Waals surface area (Å²) < 4.78 is 8.08. The van der Waals surface area contributed by atoms with Crippen LogP contribution in [0.3, 0.4) is 0 Å². The van der Waals surface area contributed by atoms with Crippen LogP contribution in [0, 0.1) is 0 Å². The molecule has 1 aliphatic rings. The van der Waals surface area contributed by atoms with Crippen molar-refractivity contribution in [3.05, 3.63) is 41.0 Å².